The molecule has 1 N–H and O–H groups in total. The fraction of sp³-hybridized carbons (Fsp3) is 0.143. The topological polar surface area (TPSA) is 56.6 Å². The Morgan fingerprint density at radius 3 is 2.69 bits per heavy atom. The van der Waals surface area contributed by atoms with E-state index in [1.165, 1.54) is 0 Å². The molecule has 0 amide bonds. The number of H-pyrrole nitrogens is 1. The Morgan fingerprint density at radius 1 is 1.62 bits per heavy atom. The van der Waals surface area contributed by atoms with E-state index >= 15 is 0 Å². The summed E-state index contributed by atoms with van der Waals surface area (Å²) in [6.07, 6.45) is -2.82. The number of aromatic amines is 1. The number of nitrogens with one attached hydrogen (secondary N) is 1. The van der Waals surface area contributed by atoms with Gasteiger partial charge in [0.05, 0.1) is 11.3 Å². The van der Waals surface area contributed by atoms with E-state index in [0.29, 0.717) is 0 Å². The summed E-state index contributed by atoms with van der Waals surface area (Å²) in [5, 5.41) is 8.05. The second-order valence-corrected chi connectivity index (χ2v) is 2.57. The van der Waals surface area contributed by atoms with Gasteiger partial charge in [-0.2, -0.15) is 5.26 Å². The number of aromatic nitrogens is 1. The van der Waals surface area contributed by atoms with Gasteiger partial charge in [0.25, 0.3) is 12.0 Å². The van der Waals surface area contributed by atoms with E-state index in [0.717, 1.165) is 6.07 Å². The lowest BCUT2D eigenvalue weighted by Crippen LogP contribution is -2.11. The van der Waals surface area contributed by atoms with Crippen LogP contribution in [0.15, 0.2) is 10.9 Å². The van der Waals surface area contributed by atoms with Crippen LogP contribution in [0.25, 0.3) is 0 Å². The largest absolute Gasteiger partial charge is 0.320 e. The van der Waals surface area contributed by atoms with E-state index < -0.39 is 17.7 Å². The minimum absolute atomic E-state index is 0.249. The molecule has 1 aromatic rings. The molecule has 0 saturated heterocycles. The molecule has 0 bridgehead atoms. The monoisotopic (exact) mass is 204 g/mol. The molecule has 0 aromatic carbocycles. The van der Waals surface area contributed by atoms with E-state index in [-0.39, 0.29) is 10.6 Å². The Labute approximate surface area is 76.6 Å². The molecular formula is C7H3ClF2N2O. The van der Waals surface area contributed by atoms with Crippen LogP contribution in [-0.4, -0.2) is 4.98 Å². The van der Waals surface area contributed by atoms with Crippen LogP contribution in [0.1, 0.15) is 17.7 Å². The number of hydrogen-bond donors (Lipinski definition) is 1. The van der Waals surface area contributed by atoms with Gasteiger partial charge in [-0.3, -0.25) is 4.79 Å². The van der Waals surface area contributed by atoms with Crippen molar-refractivity contribution in [2.75, 3.05) is 0 Å². The van der Waals surface area contributed by atoms with Crippen molar-refractivity contribution in [1.82, 2.24) is 4.98 Å². The van der Waals surface area contributed by atoms with Crippen LogP contribution >= 0.6 is 11.6 Å². The Bertz CT molecular complexity index is 421. The predicted octanol–water partition coefficient (Wildman–Crippen LogP) is 1.84. The normalized spacial score (nSPS) is 10.1. The van der Waals surface area contributed by atoms with Gasteiger partial charge in [-0.1, -0.05) is 11.6 Å². The molecule has 1 aromatic heterocycles. The van der Waals surface area contributed by atoms with E-state index in [2.05, 4.69) is 0 Å². The summed E-state index contributed by atoms with van der Waals surface area (Å²) in [5.41, 5.74) is -1.73. The number of nitrogens with zero attached hydrogens (tertiary/aromatic N) is 1. The van der Waals surface area contributed by atoms with Crippen molar-refractivity contribution < 1.29 is 8.78 Å². The Hall–Kier alpha value is -1.41. The average Bonchev–Trinajstić information content (AvgIpc) is 2.09. The molecule has 0 fully saturated rings. The van der Waals surface area contributed by atoms with Gasteiger partial charge in [-0.05, 0) is 6.07 Å². The fourth-order valence-corrected chi connectivity index (χ4v) is 0.906. The van der Waals surface area contributed by atoms with Gasteiger partial charge in [-0.25, -0.2) is 8.78 Å². The molecule has 1 heterocycles. The van der Waals surface area contributed by atoms with Crippen LogP contribution in [0.3, 0.4) is 0 Å². The highest BCUT2D eigenvalue weighted by Gasteiger charge is 2.13. The smallest absolute Gasteiger partial charge is 0.278 e. The van der Waals surface area contributed by atoms with Gasteiger partial charge in [0.2, 0.25) is 0 Å². The summed E-state index contributed by atoms with van der Waals surface area (Å²) < 4.78 is 24.1. The van der Waals surface area contributed by atoms with E-state index in [4.69, 9.17) is 16.9 Å². The molecule has 0 spiro atoms. The molecule has 1 rings (SSSR count). The molecule has 0 aliphatic rings. The second kappa shape index (κ2) is 3.54. The highest BCUT2D eigenvalue weighted by Crippen LogP contribution is 2.18. The lowest BCUT2D eigenvalue weighted by Gasteiger charge is -2.00. The Morgan fingerprint density at radius 2 is 2.23 bits per heavy atom. The van der Waals surface area contributed by atoms with Gasteiger partial charge in [0.15, 0.2) is 0 Å². The summed E-state index contributed by atoms with van der Waals surface area (Å²) in [7, 11) is 0. The number of alkyl halides is 2. The number of nitriles is 1. The minimum atomic E-state index is -2.82. The third-order valence-electron chi connectivity index (χ3n) is 1.35. The Kier molecular flexibility index (Phi) is 2.63. The van der Waals surface area contributed by atoms with Crippen LogP contribution < -0.4 is 5.56 Å². The van der Waals surface area contributed by atoms with Crippen molar-refractivity contribution in [1.29, 1.82) is 5.26 Å². The SMILES string of the molecule is N#Cc1cc(C(F)F)[nH]c(=O)c1Cl. The zero-order valence-electron chi connectivity index (χ0n) is 6.14. The first-order valence-corrected chi connectivity index (χ1v) is 3.55. The van der Waals surface area contributed by atoms with Crippen LogP contribution in [0.4, 0.5) is 8.78 Å². The van der Waals surface area contributed by atoms with E-state index in [9.17, 15) is 13.6 Å². The molecule has 0 atom stereocenters. The van der Waals surface area contributed by atoms with Gasteiger partial charge in [-0.15, -0.1) is 0 Å². The summed E-state index contributed by atoms with van der Waals surface area (Å²) in [4.78, 5) is 12.7. The molecule has 3 nitrogen and oxygen atoms in total. The van der Waals surface area contributed by atoms with Crippen LogP contribution in [0, 0.1) is 11.3 Å². The van der Waals surface area contributed by atoms with Gasteiger partial charge in [0, 0.05) is 0 Å². The molecular weight excluding hydrogens is 202 g/mol. The first-order valence-electron chi connectivity index (χ1n) is 3.17. The zero-order valence-corrected chi connectivity index (χ0v) is 6.90. The number of pyridine rings is 1. The molecule has 13 heavy (non-hydrogen) atoms. The summed E-state index contributed by atoms with van der Waals surface area (Å²) in [6.45, 7) is 0. The maximum atomic E-state index is 12.1. The highest BCUT2D eigenvalue weighted by atomic mass is 35.5. The van der Waals surface area contributed by atoms with Crippen molar-refractivity contribution in [3.05, 3.63) is 32.7 Å². The van der Waals surface area contributed by atoms with Crippen molar-refractivity contribution >= 4 is 11.6 Å². The van der Waals surface area contributed by atoms with E-state index in [1.807, 2.05) is 4.98 Å². The molecule has 0 aliphatic carbocycles. The molecule has 0 aliphatic heterocycles. The lowest BCUT2D eigenvalue weighted by atomic mass is 10.2. The molecule has 68 valence electrons. The molecule has 0 unspecified atom stereocenters. The summed E-state index contributed by atoms with van der Waals surface area (Å²) >= 11 is 5.36. The molecule has 0 radical (unpaired) electrons. The Balaban J connectivity index is 3.42. The highest BCUT2D eigenvalue weighted by molar-refractivity contribution is 6.31. The van der Waals surface area contributed by atoms with Crippen molar-refractivity contribution in [3.63, 3.8) is 0 Å². The van der Waals surface area contributed by atoms with Crippen LogP contribution in [0.5, 0.6) is 0 Å². The first-order chi connectivity index (χ1) is 6.06. The quantitative estimate of drug-likeness (QED) is 0.759. The predicted molar refractivity (Wildman–Crippen MR) is 41.7 cm³/mol. The molecule has 6 heteroatoms. The number of hydrogen-bond acceptors (Lipinski definition) is 2. The lowest BCUT2D eigenvalue weighted by molar-refractivity contribution is 0.146. The van der Waals surface area contributed by atoms with Gasteiger partial charge in [0.1, 0.15) is 11.1 Å². The van der Waals surface area contributed by atoms with Crippen LogP contribution in [0.2, 0.25) is 5.02 Å². The standard InChI is InChI=1S/C7H3ClF2N2O/c8-5-3(2-11)1-4(6(9)10)12-7(5)13/h1,6H,(H,12,13). The number of rotatable bonds is 1. The maximum absolute atomic E-state index is 12.1. The zero-order chi connectivity index (χ0) is 10.0. The first kappa shape index (κ1) is 9.68. The molecule has 0 saturated carbocycles. The minimum Gasteiger partial charge on any atom is -0.320 e. The van der Waals surface area contributed by atoms with Crippen molar-refractivity contribution in [3.8, 4) is 6.07 Å². The van der Waals surface area contributed by atoms with Crippen molar-refractivity contribution in [2.45, 2.75) is 6.43 Å². The van der Waals surface area contributed by atoms with E-state index in [1.54, 1.807) is 6.07 Å². The third kappa shape index (κ3) is 1.84. The van der Waals surface area contributed by atoms with Crippen molar-refractivity contribution in [2.24, 2.45) is 0 Å². The third-order valence-corrected chi connectivity index (χ3v) is 1.72. The fourth-order valence-electron chi connectivity index (χ4n) is 0.762. The summed E-state index contributed by atoms with van der Waals surface area (Å²) in [6, 6.07) is 2.40. The maximum Gasteiger partial charge on any atom is 0.278 e. The average molecular weight is 205 g/mol. The number of halogens is 3. The van der Waals surface area contributed by atoms with Gasteiger partial charge < -0.3 is 4.98 Å². The van der Waals surface area contributed by atoms with Crippen LogP contribution in [-0.2, 0) is 0 Å². The second-order valence-electron chi connectivity index (χ2n) is 2.19. The summed E-state index contributed by atoms with van der Waals surface area (Å²) in [5.74, 6) is 0. The van der Waals surface area contributed by atoms with Gasteiger partial charge >= 0.3 is 0 Å².